The molecule has 0 aromatic heterocycles. The summed E-state index contributed by atoms with van der Waals surface area (Å²) in [5, 5.41) is 3.36. The van der Waals surface area contributed by atoms with Crippen LogP contribution in [0.5, 0.6) is 0 Å². The van der Waals surface area contributed by atoms with Gasteiger partial charge in [-0.2, -0.15) is 0 Å². The van der Waals surface area contributed by atoms with Crippen LogP contribution < -0.4 is 9.62 Å². The summed E-state index contributed by atoms with van der Waals surface area (Å²) < 4.78 is 38.1. The van der Waals surface area contributed by atoms with E-state index in [9.17, 15) is 17.6 Å². The first-order valence-corrected chi connectivity index (χ1v) is 10.7. The van der Waals surface area contributed by atoms with Crippen molar-refractivity contribution in [3.05, 3.63) is 57.3 Å². The Morgan fingerprint density at radius 3 is 2.26 bits per heavy atom. The lowest BCUT2D eigenvalue weighted by Gasteiger charge is -2.22. The third kappa shape index (κ3) is 6.24. The van der Waals surface area contributed by atoms with Gasteiger partial charge in [0.05, 0.1) is 32.7 Å². The number of carbonyl (C=O) groups is 1. The SMILES string of the molecule is CS(=O)(=O)N(CCCC(=O)Nc1cc(Cl)c(Cl)cc1Cl)c1ccc(F)cc1. The Morgan fingerprint density at radius 1 is 1.07 bits per heavy atom. The predicted octanol–water partition coefficient (Wildman–Crippen LogP) is 4.97. The van der Waals surface area contributed by atoms with Gasteiger partial charge in [0.15, 0.2) is 0 Å². The Hall–Kier alpha value is -1.54. The lowest BCUT2D eigenvalue weighted by atomic mass is 10.2. The highest BCUT2D eigenvalue weighted by Crippen LogP contribution is 2.32. The maximum absolute atomic E-state index is 13.0. The lowest BCUT2D eigenvalue weighted by Crippen LogP contribution is -2.31. The summed E-state index contributed by atoms with van der Waals surface area (Å²) in [6, 6.07) is 7.93. The maximum Gasteiger partial charge on any atom is 0.232 e. The van der Waals surface area contributed by atoms with Gasteiger partial charge in [0.25, 0.3) is 0 Å². The van der Waals surface area contributed by atoms with Crippen LogP contribution in [-0.2, 0) is 14.8 Å². The minimum atomic E-state index is -3.58. The van der Waals surface area contributed by atoms with E-state index in [2.05, 4.69) is 5.32 Å². The van der Waals surface area contributed by atoms with Gasteiger partial charge in [-0.25, -0.2) is 12.8 Å². The summed E-state index contributed by atoms with van der Waals surface area (Å²) in [4.78, 5) is 12.1. The number of hydrogen-bond acceptors (Lipinski definition) is 3. The molecule has 5 nitrogen and oxygen atoms in total. The number of sulfonamides is 1. The van der Waals surface area contributed by atoms with Crippen LogP contribution in [0.15, 0.2) is 36.4 Å². The molecule has 0 saturated carbocycles. The van der Waals surface area contributed by atoms with Crippen LogP contribution in [0.2, 0.25) is 15.1 Å². The Balaban J connectivity index is 1.99. The highest BCUT2D eigenvalue weighted by molar-refractivity contribution is 7.92. The molecule has 1 amide bonds. The van der Waals surface area contributed by atoms with E-state index in [1.807, 2.05) is 0 Å². The second-order valence-electron chi connectivity index (χ2n) is 5.71. The van der Waals surface area contributed by atoms with Gasteiger partial charge in [-0.05, 0) is 42.8 Å². The Kier molecular flexibility index (Phi) is 7.33. The average Bonchev–Trinajstić information content (AvgIpc) is 2.56. The van der Waals surface area contributed by atoms with E-state index >= 15 is 0 Å². The molecule has 0 heterocycles. The molecule has 0 spiro atoms. The Bertz CT molecular complexity index is 937. The molecule has 27 heavy (non-hydrogen) atoms. The number of nitrogens with zero attached hydrogens (tertiary/aromatic N) is 1. The number of carbonyl (C=O) groups excluding carboxylic acids is 1. The van der Waals surface area contributed by atoms with Crippen LogP contribution >= 0.6 is 34.8 Å². The number of amides is 1. The van der Waals surface area contributed by atoms with Gasteiger partial charge >= 0.3 is 0 Å². The summed E-state index contributed by atoms with van der Waals surface area (Å²) in [7, 11) is -3.58. The van der Waals surface area contributed by atoms with Crippen molar-refractivity contribution in [1.82, 2.24) is 0 Å². The van der Waals surface area contributed by atoms with Crippen LogP contribution in [0.25, 0.3) is 0 Å². The first-order valence-electron chi connectivity index (χ1n) is 7.75. The van der Waals surface area contributed by atoms with E-state index in [4.69, 9.17) is 34.8 Å². The second-order valence-corrected chi connectivity index (χ2v) is 8.84. The van der Waals surface area contributed by atoms with E-state index in [-0.39, 0.29) is 40.4 Å². The molecule has 0 unspecified atom stereocenters. The molecule has 0 atom stereocenters. The number of nitrogens with one attached hydrogen (secondary N) is 1. The number of benzene rings is 2. The zero-order chi connectivity index (χ0) is 20.2. The van der Waals surface area contributed by atoms with E-state index in [1.165, 1.54) is 36.4 Å². The number of hydrogen-bond donors (Lipinski definition) is 1. The van der Waals surface area contributed by atoms with Crippen LogP contribution in [-0.4, -0.2) is 27.1 Å². The molecule has 0 aliphatic carbocycles. The highest BCUT2D eigenvalue weighted by atomic mass is 35.5. The normalized spacial score (nSPS) is 11.3. The average molecular weight is 454 g/mol. The molecule has 0 bridgehead atoms. The third-order valence-electron chi connectivity index (χ3n) is 3.56. The Morgan fingerprint density at radius 2 is 1.67 bits per heavy atom. The fourth-order valence-corrected chi connectivity index (χ4v) is 3.87. The second kappa shape index (κ2) is 9.10. The molecule has 10 heteroatoms. The standard InChI is InChI=1S/C17H16Cl3FN2O3S/c1-27(25,26)23(12-6-4-11(21)5-7-12)8-2-3-17(24)22-16-10-14(19)13(18)9-15(16)20/h4-7,9-10H,2-3,8H2,1H3,(H,22,24). The van der Waals surface area contributed by atoms with Crippen LogP contribution in [0.4, 0.5) is 15.8 Å². The van der Waals surface area contributed by atoms with E-state index in [0.29, 0.717) is 11.4 Å². The first kappa shape index (κ1) is 21.8. The number of anilines is 2. The van der Waals surface area contributed by atoms with Crippen molar-refractivity contribution in [1.29, 1.82) is 0 Å². The van der Waals surface area contributed by atoms with Crippen molar-refractivity contribution >= 4 is 62.1 Å². The molecule has 2 aromatic carbocycles. The van der Waals surface area contributed by atoms with Crippen LogP contribution in [0, 0.1) is 5.82 Å². The molecule has 0 aliphatic heterocycles. The van der Waals surface area contributed by atoms with Gasteiger partial charge in [-0.3, -0.25) is 9.10 Å². The molecular formula is C17H16Cl3FN2O3S. The van der Waals surface area contributed by atoms with Gasteiger partial charge in [0, 0.05) is 13.0 Å². The lowest BCUT2D eigenvalue weighted by molar-refractivity contribution is -0.116. The quantitative estimate of drug-likeness (QED) is 0.602. The van der Waals surface area contributed by atoms with Crippen molar-refractivity contribution < 1.29 is 17.6 Å². The molecule has 1 N–H and O–H groups in total. The number of rotatable bonds is 7. The summed E-state index contributed by atoms with van der Waals surface area (Å²) in [6.07, 6.45) is 1.34. The molecule has 2 aromatic rings. The first-order chi connectivity index (χ1) is 12.6. The van der Waals surface area contributed by atoms with Crippen LogP contribution in [0.1, 0.15) is 12.8 Å². The van der Waals surface area contributed by atoms with Gasteiger partial charge in [0.2, 0.25) is 15.9 Å². The summed E-state index contributed by atoms with van der Waals surface area (Å²) in [5.74, 6) is -0.826. The minimum Gasteiger partial charge on any atom is -0.325 e. The molecule has 0 aliphatic rings. The minimum absolute atomic E-state index is 0.0454. The molecular weight excluding hydrogens is 438 g/mol. The van der Waals surface area contributed by atoms with Crippen LogP contribution in [0.3, 0.4) is 0 Å². The topological polar surface area (TPSA) is 66.5 Å². The summed E-state index contributed by atoms with van der Waals surface area (Å²) in [5.41, 5.74) is 0.640. The van der Waals surface area contributed by atoms with E-state index in [1.54, 1.807) is 0 Å². The Labute approximate surface area is 172 Å². The molecule has 2 rings (SSSR count). The van der Waals surface area contributed by atoms with Gasteiger partial charge in [0.1, 0.15) is 5.82 Å². The van der Waals surface area contributed by atoms with E-state index in [0.717, 1.165) is 10.6 Å². The van der Waals surface area contributed by atoms with Crippen molar-refractivity contribution in [3.63, 3.8) is 0 Å². The maximum atomic E-state index is 13.0. The van der Waals surface area contributed by atoms with Crippen molar-refractivity contribution in [2.45, 2.75) is 12.8 Å². The fourth-order valence-electron chi connectivity index (χ4n) is 2.31. The van der Waals surface area contributed by atoms with Gasteiger partial charge in [-0.15, -0.1) is 0 Å². The largest absolute Gasteiger partial charge is 0.325 e. The molecule has 146 valence electrons. The molecule has 0 fully saturated rings. The van der Waals surface area contributed by atoms with Crippen molar-refractivity contribution in [2.75, 3.05) is 22.4 Å². The van der Waals surface area contributed by atoms with E-state index < -0.39 is 15.8 Å². The predicted molar refractivity (Wildman–Crippen MR) is 108 cm³/mol. The fraction of sp³-hybridized carbons (Fsp3) is 0.235. The smallest absolute Gasteiger partial charge is 0.232 e. The zero-order valence-electron chi connectivity index (χ0n) is 14.2. The van der Waals surface area contributed by atoms with Gasteiger partial charge < -0.3 is 5.32 Å². The highest BCUT2D eigenvalue weighted by Gasteiger charge is 2.18. The zero-order valence-corrected chi connectivity index (χ0v) is 17.3. The third-order valence-corrected chi connectivity index (χ3v) is 5.79. The summed E-state index contributed by atoms with van der Waals surface area (Å²) >= 11 is 17.7. The summed E-state index contributed by atoms with van der Waals surface area (Å²) in [6.45, 7) is 0.0625. The molecule has 0 saturated heterocycles. The molecule has 0 radical (unpaired) electrons. The number of halogens is 4. The van der Waals surface area contributed by atoms with Crippen molar-refractivity contribution in [2.24, 2.45) is 0 Å². The monoisotopic (exact) mass is 452 g/mol. The van der Waals surface area contributed by atoms with Gasteiger partial charge in [-0.1, -0.05) is 34.8 Å². The van der Waals surface area contributed by atoms with Crippen molar-refractivity contribution in [3.8, 4) is 0 Å².